The minimum absolute atomic E-state index is 0. The first kappa shape index (κ1) is 20.8. The number of H-pyrrole nitrogens is 1. The van der Waals surface area contributed by atoms with E-state index in [0.29, 0.717) is 23.5 Å². The van der Waals surface area contributed by atoms with E-state index in [4.69, 9.17) is 10.2 Å². The van der Waals surface area contributed by atoms with Gasteiger partial charge in [-0.25, -0.2) is 9.50 Å². The highest BCUT2D eigenvalue weighted by molar-refractivity contribution is 5.93. The van der Waals surface area contributed by atoms with Crippen LogP contribution in [0, 0.1) is 13.8 Å². The lowest BCUT2D eigenvalue weighted by molar-refractivity contribution is 0.0950. The highest BCUT2D eigenvalue weighted by Crippen LogP contribution is 2.13. The van der Waals surface area contributed by atoms with Crippen LogP contribution in [0.1, 0.15) is 33.1 Å². The molecule has 0 aliphatic heterocycles. The van der Waals surface area contributed by atoms with E-state index in [1.54, 1.807) is 10.6 Å². The average molecular weight is 388 g/mol. The molecule has 0 aliphatic carbocycles. The lowest BCUT2D eigenvalue weighted by Gasteiger charge is -2.12. The van der Waals surface area contributed by atoms with Crippen molar-refractivity contribution in [2.45, 2.75) is 26.9 Å². The summed E-state index contributed by atoms with van der Waals surface area (Å²) in [5.41, 5.74) is 8.65. The van der Waals surface area contributed by atoms with Crippen molar-refractivity contribution in [3.63, 3.8) is 0 Å². The molecule has 10 heteroatoms. The van der Waals surface area contributed by atoms with Crippen LogP contribution in [0.2, 0.25) is 0 Å². The number of halogens is 2. The van der Waals surface area contributed by atoms with Gasteiger partial charge in [-0.15, -0.1) is 24.8 Å². The molecule has 3 heterocycles. The second-order valence-electron chi connectivity index (χ2n) is 5.26. The van der Waals surface area contributed by atoms with E-state index in [9.17, 15) is 9.59 Å². The zero-order valence-electron chi connectivity index (χ0n) is 13.7. The van der Waals surface area contributed by atoms with Gasteiger partial charge in [0.2, 0.25) is 0 Å². The van der Waals surface area contributed by atoms with E-state index in [0.717, 1.165) is 17.0 Å². The smallest absolute Gasteiger partial charge is 0.266 e. The minimum Gasteiger partial charge on any atom is -0.467 e. The number of nitrogens with zero attached hydrogens (tertiary/aromatic N) is 2. The predicted molar refractivity (Wildman–Crippen MR) is 97.6 cm³/mol. The van der Waals surface area contributed by atoms with E-state index < -0.39 is 0 Å². The van der Waals surface area contributed by atoms with Gasteiger partial charge in [0.25, 0.3) is 11.5 Å². The molecule has 0 atom stereocenters. The lowest BCUT2D eigenvalue weighted by Crippen LogP contribution is -2.24. The van der Waals surface area contributed by atoms with E-state index in [-0.39, 0.29) is 42.8 Å². The van der Waals surface area contributed by atoms with Crippen LogP contribution >= 0.6 is 24.8 Å². The Bertz CT molecular complexity index is 944. The summed E-state index contributed by atoms with van der Waals surface area (Å²) in [6, 6.07) is 3.04. The highest BCUT2D eigenvalue weighted by Gasteiger charge is 2.14. The second kappa shape index (κ2) is 8.19. The van der Waals surface area contributed by atoms with E-state index in [1.165, 1.54) is 12.3 Å². The maximum atomic E-state index is 12.1. The number of carbonyl (C=O) groups excluding carboxylic acids is 1. The van der Waals surface area contributed by atoms with Crippen molar-refractivity contribution in [3.05, 3.63) is 57.0 Å². The Balaban J connectivity index is 0.00000156. The maximum Gasteiger partial charge on any atom is 0.266 e. The predicted octanol–water partition coefficient (Wildman–Crippen LogP) is 1.46. The molecular formula is C15H19Cl2N5O3. The van der Waals surface area contributed by atoms with Gasteiger partial charge in [-0.2, -0.15) is 0 Å². The Morgan fingerprint density at radius 1 is 1.36 bits per heavy atom. The van der Waals surface area contributed by atoms with E-state index in [2.05, 4.69) is 15.4 Å². The molecule has 0 aromatic carbocycles. The van der Waals surface area contributed by atoms with Crippen molar-refractivity contribution in [1.82, 2.24) is 19.9 Å². The van der Waals surface area contributed by atoms with E-state index >= 15 is 0 Å². The molecule has 25 heavy (non-hydrogen) atoms. The molecule has 0 radical (unpaired) electrons. The lowest BCUT2D eigenvalue weighted by atomic mass is 10.1. The normalized spacial score (nSPS) is 10.2. The van der Waals surface area contributed by atoms with Gasteiger partial charge in [0.05, 0.1) is 12.1 Å². The Kier molecular flexibility index (Phi) is 6.80. The zero-order valence-corrected chi connectivity index (χ0v) is 15.3. The average Bonchev–Trinajstić information content (AvgIpc) is 3.12. The minimum atomic E-state index is -0.256. The Labute approximate surface area is 155 Å². The molecular weight excluding hydrogens is 369 g/mol. The molecule has 3 aromatic heterocycles. The summed E-state index contributed by atoms with van der Waals surface area (Å²) in [7, 11) is 0. The van der Waals surface area contributed by atoms with Gasteiger partial charge in [0.1, 0.15) is 12.0 Å². The molecule has 0 saturated heterocycles. The quantitative estimate of drug-likeness (QED) is 0.626. The number of hydrogen-bond donors (Lipinski definition) is 3. The largest absolute Gasteiger partial charge is 0.467 e. The first-order valence-corrected chi connectivity index (χ1v) is 7.13. The monoisotopic (exact) mass is 387 g/mol. The van der Waals surface area contributed by atoms with Crippen molar-refractivity contribution < 1.29 is 9.21 Å². The standard InChI is InChI=1S/C15H17N5O3.2ClH/c1-8-12(9(2)20-13(18-8)4-14(21)19-20)6-17-15(22)10-3-11(5-16)23-7-10;;/h3-4,7H,5-6,16H2,1-2H3,(H,17,22)(H,19,21);2*1H. The number of furan rings is 1. The highest BCUT2D eigenvalue weighted by atomic mass is 35.5. The second-order valence-corrected chi connectivity index (χ2v) is 5.26. The van der Waals surface area contributed by atoms with Crippen LogP contribution in [0.5, 0.6) is 0 Å². The number of carbonyl (C=O) groups is 1. The number of aryl methyl sites for hydroxylation is 2. The van der Waals surface area contributed by atoms with Crippen LogP contribution in [0.15, 0.2) is 27.6 Å². The van der Waals surface area contributed by atoms with Crippen LogP contribution in [0.3, 0.4) is 0 Å². The van der Waals surface area contributed by atoms with Gasteiger partial charge < -0.3 is 15.5 Å². The molecule has 0 aliphatic rings. The summed E-state index contributed by atoms with van der Waals surface area (Å²) in [4.78, 5) is 28.0. The molecule has 0 spiro atoms. The molecule has 0 saturated carbocycles. The number of nitrogens with two attached hydrogens (primary N) is 1. The van der Waals surface area contributed by atoms with Crippen molar-refractivity contribution in [2.75, 3.05) is 0 Å². The number of rotatable bonds is 4. The topological polar surface area (TPSA) is 118 Å². The Morgan fingerprint density at radius 3 is 2.72 bits per heavy atom. The van der Waals surface area contributed by atoms with Crippen molar-refractivity contribution >= 4 is 36.4 Å². The number of nitrogens with one attached hydrogen (secondary N) is 2. The summed E-state index contributed by atoms with van der Waals surface area (Å²) in [5, 5.41) is 5.50. The van der Waals surface area contributed by atoms with Gasteiger partial charge in [-0.1, -0.05) is 0 Å². The first-order chi connectivity index (χ1) is 11.0. The Hall–Kier alpha value is -2.29. The fraction of sp³-hybridized carbons (Fsp3) is 0.267. The number of aromatic amines is 1. The summed E-state index contributed by atoms with van der Waals surface area (Å²) in [5.74, 6) is 0.295. The van der Waals surface area contributed by atoms with Gasteiger partial charge in [0.15, 0.2) is 5.65 Å². The third-order valence-corrected chi connectivity index (χ3v) is 3.75. The summed E-state index contributed by atoms with van der Waals surface area (Å²) < 4.78 is 6.77. The third kappa shape index (κ3) is 4.04. The van der Waals surface area contributed by atoms with Crippen molar-refractivity contribution in [1.29, 1.82) is 0 Å². The van der Waals surface area contributed by atoms with Crippen molar-refractivity contribution in [2.24, 2.45) is 5.73 Å². The number of fused-ring (bicyclic) bond motifs is 1. The van der Waals surface area contributed by atoms with Crippen LogP contribution in [0.25, 0.3) is 5.65 Å². The molecule has 8 nitrogen and oxygen atoms in total. The number of aromatic nitrogens is 3. The first-order valence-electron chi connectivity index (χ1n) is 7.13. The molecule has 1 amide bonds. The van der Waals surface area contributed by atoms with Crippen LogP contribution < -0.4 is 16.6 Å². The molecule has 136 valence electrons. The van der Waals surface area contributed by atoms with Gasteiger partial charge in [-0.3, -0.25) is 14.7 Å². The molecule has 0 unspecified atom stereocenters. The van der Waals surface area contributed by atoms with Crippen LogP contribution in [-0.4, -0.2) is 20.5 Å². The van der Waals surface area contributed by atoms with Gasteiger partial charge in [-0.05, 0) is 19.9 Å². The van der Waals surface area contributed by atoms with Gasteiger partial charge >= 0.3 is 0 Å². The number of amides is 1. The molecule has 0 fully saturated rings. The maximum absolute atomic E-state index is 12.1. The number of hydrogen-bond acceptors (Lipinski definition) is 5. The molecule has 0 bridgehead atoms. The van der Waals surface area contributed by atoms with Crippen LogP contribution in [0.4, 0.5) is 0 Å². The molecule has 4 N–H and O–H groups in total. The van der Waals surface area contributed by atoms with Crippen LogP contribution in [-0.2, 0) is 13.1 Å². The summed E-state index contributed by atoms with van der Waals surface area (Å²) in [6.45, 7) is 4.25. The molecule has 3 rings (SSSR count). The van der Waals surface area contributed by atoms with Gasteiger partial charge in [0, 0.05) is 29.6 Å². The fourth-order valence-electron chi connectivity index (χ4n) is 2.49. The SMILES string of the molecule is Cc1nc2cc(=O)[nH]n2c(C)c1CNC(=O)c1coc(CN)c1.Cl.Cl. The van der Waals surface area contributed by atoms with E-state index in [1.807, 2.05) is 13.8 Å². The molecule has 3 aromatic rings. The van der Waals surface area contributed by atoms with Crippen molar-refractivity contribution in [3.8, 4) is 0 Å². The zero-order chi connectivity index (χ0) is 16.6. The summed E-state index contributed by atoms with van der Waals surface area (Å²) >= 11 is 0. The fourth-order valence-corrected chi connectivity index (χ4v) is 2.49. The summed E-state index contributed by atoms with van der Waals surface area (Å²) in [6.07, 6.45) is 1.38. The Morgan fingerprint density at radius 2 is 2.08 bits per heavy atom. The third-order valence-electron chi connectivity index (χ3n) is 3.75.